The largest absolute Gasteiger partial charge is 0.380 e. The Kier molecular flexibility index (Phi) is 5.91. The minimum absolute atomic E-state index is 0.866. The van der Waals surface area contributed by atoms with Gasteiger partial charge in [0.15, 0.2) is 0 Å². The van der Waals surface area contributed by atoms with Crippen LogP contribution in [0.3, 0.4) is 0 Å². The first kappa shape index (κ1) is 14.8. The SMILES string of the molecule is C=C=C(CCCCCC)C(C)(O)c1ccccc1. The molecule has 98 valence electrons. The van der Waals surface area contributed by atoms with Crippen molar-refractivity contribution in [2.75, 3.05) is 0 Å². The van der Waals surface area contributed by atoms with E-state index in [0.717, 1.165) is 24.0 Å². The summed E-state index contributed by atoms with van der Waals surface area (Å²) in [5.41, 5.74) is 3.79. The van der Waals surface area contributed by atoms with Crippen molar-refractivity contribution in [2.45, 2.75) is 51.6 Å². The van der Waals surface area contributed by atoms with E-state index >= 15 is 0 Å². The van der Waals surface area contributed by atoms with E-state index in [9.17, 15) is 5.11 Å². The van der Waals surface area contributed by atoms with E-state index in [1.54, 1.807) is 0 Å². The maximum Gasteiger partial charge on any atom is 0.115 e. The molecule has 1 rings (SSSR count). The summed E-state index contributed by atoms with van der Waals surface area (Å²) < 4.78 is 0. The highest BCUT2D eigenvalue weighted by Crippen LogP contribution is 2.31. The predicted molar refractivity (Wildman–Crippen MR) is 77.4 cm³/mol. The Labute approximate surface area is 111 Å². The second-order valence-electron chi connectivity index (χ2n) is 4.90. The first-order valence-electron chi connectivity index (χ1n) is 6.80. The van der Waals surface area contributed by atoms with Crippen molar-refractivity contribution in [3.8, 4) is 0 Å². The van der Waals surface area contributed by atoms with Gasteiger partial charge in [-0.2, -0.15) is 0 Å². The summed E-state index contributed by atoms with van der Waals surface area (Å²) >= 11 is 0. The summed E-state index contributed by atoms with van der Waals surface area (Å²) in [5, 5.41) is 10.7. The second kappa shape index (κ2) is 7.20. The quantitative estimate of drug-likeness (QED) is 0.550. The molecule has 1 atom stereocenters. The van der Waals surface area contributed by atoms with Gasteiger partial charge in [0.1, 0.15) is 5.60 Å². The van der Waals surface area contributed by atoms with Gasteiger partial charge >= 0.3 is 0 Å². The number of hydrogen-bond acceptors (Lipinski definition) is 1. The van der Waals surface area contributed by atoms with Gasteiger partial charge in [-0.25, -0.2) is 0 Å². The van der Waals surface area contributed by atoms with Crippen molar-refractivity contribution in [3.05, 3.63) is 53.8 Å². The zero-order valence-electron chi connectivity index (χ0n) is 11.6. The molecule has 0 aliphatic heterocycles. The Morgan fingerprint density at radius 1 is 1.22 bits per heavy atom. The fourth-order valence-electron chi connectivity index (χ4n) is 2.17. The molecular formula is C17H24O. The van der Waals surface area contributed by atoms with Crippen molar-refractivity contribution >= 4 is 0 Å². The van der Waals surface area contributed by atoms with Gasteiger partial charge in [0, 0.05) is 5.57 Å². The van der Waals surface area contributed by atoms with Gasteiger partial charge in [-0.05, 0) is 25.3 Å². The van der Waals surface area contributed by atoms with Crippen LogP contribution in [-0.2, 0) is 5.60 Å². The molecule has 0 amide bonds. The summed E-state index contributed by atoms with van der Waals surface area (Å²) in [6, 6.07) is 9.74. The van der Waals surface area contributed by atoms with Gasteiger partial charge in [-0.1, -0.05) is 63.1 Å². The third-order valence-corrected chi connectivity index (χ3v) is 3.42. The van der Waals surface area contributed by atoms with E-state index in [1.807, 2.05) is 37.3 Å². The lowest BCUT2D eigenvalue weighted by molar-refractivity contribution is 0.0934. The monoisotopic (exact) mass is 244 g/mol. The molecule has 1 aromatic rings. The third-order valence-electron chi connectivity index (χ3n) is 3.42. The third kappa shape index (κ3) is 3.87. The maximum absolute atomic E-state index is 10.7. The molecule has 0 heterocycles. The van der Waals surface area contributed by atoms with Crippen molar-refractivity contribution in [1.82, 2.24) is 0 Å². The van der Waals surface area contributed by atoms with E-state index in [2.05, 4.69) is 19.2 Å². The van der Waals surface area contributed by atoms with Crippen molar-refractivity contribution < 1.29 is 5.11 Å². The van der Waals surface area contributed by atoms with E-state index in [1.165, 1.54) is 19.3 Å². The van der Waals surface area contributed by atoms with E-state index in [0.29, 0.717) is 0 Å². The molecule has 1 nitrogen and oxygen atoms in total. The van der Waals surface area contributed by atoms with Crippen molar-refractivity contribution in [3.63, 3.8) is 0 Å². The Morgan fingerprint density at radius 3 is 2.44 bits per heavy atom. The number of unbranched alkanes of at least 4 members (excludes halogenated alkanes) is 3. The normalized spacial score (nSPS) is 13.7. The van der Waals surface area contributed by atoms with E-state index in [4.69, 9.17) is 0 Å². The van der Waals surface area contributed by atoms with Gasteiger partial charge in [0.2, 0.25) is 0 Å². The van der Waals surface area contributed by atoms with Crippen LogP contribution >= 0.6 is 0 Å². The van der Waals surface area contributed by atoms with Gasteiger partial charge in [-0.15, -0.1) is 5.73 Å². The molecule has 0 aliphatic carbocycles. The number of rotatable bonds is 7. The summed E-state index contributed by atoms with van der Waals surface area (Å²) in [6.45, 7) is 7.76. The molecule has 1 unspecified atom stereocenters. The van der Waals surface area contributed by atoms with Crippen LogP contribution < -0.4 is 0 Å². The minimum Gasteiger partial charge on any atom is -0.380 e. The Bertz CT molecular complexity index is 397. The molecule has 0 fully saturated rings. The molecular weight excluding hydrogens is 220 g/mol. The van der Waals surface area contributed by atoms with Crippen molar-refractivity contribution in [2.24, 2.45) is 0 Å². The lowest BCUT2D eigenvalue weighted by Crippen LogP contribution is -2.23. The molecule has 1 N–H and O–H groups in total. The second-order valence-corrected chi connectivity index (χ2v) is 4.90. The summed E-state index contributed by atoms with van der Waals surface area (Å²) in [4.78, 5) is 0. The molecule has 0 bridgehead atoms. The lowest BCUT2D eigenvalue weighted by Gasteiger charge is -2.26. The highest BCUT2D eigenvalue weighted by molar-refractivity contribution is 5.31. The number of hydrogen-bond donors (Lipinski definition) is 1. The minimum atomic E-state index is -0.949. The topological polar surface area (TPSA) is 20.2 Å². The molecule has 0 spiro atoms. The smallest absolute Gasteiger partial charge is 0.115 e. The summed E-state index contributed by atoms with van der Waals surface area (Å²) in [6.07, 6.45) is 5.63. The van der Waals surface area contributed by atoms with Gasteiger partial charge < -0.3 is 5.11 Å². The van der Waals surface area contributed by atoms with Crippen molar-refractivity contribution in [1.29, 1.82) is 0 Å². The van der Waals surface area contributed by atoms with Gasteiger partial charge in [0.05, 0.1) is 0 Å². The molecule has 0 aromatic heterocycles. The molecule has 1 heteroatoms. The fourth-order valence-corrected chi connectivity index (χ4v) is 2.17. The zero-order valence-corrected chi connectivity index (χ0v) is 11.6. The molecule has 0 aliphatic rings. The maximum atomic E-state index is 10.7. The molecule has 1 aromatic carbocycles. The van der Waals surface area contributed by atoms with Gasteiger partial charge in [-0.3, -0.25) is 0 Å². The summed E-state index contributed by atoms with van der Waals surface area (Å²) in [7, 11) is 0. The first-order chi connectivity index (χ1) is 8.62. The molecule has 0 saturated carbocycles. The van der Waals surface area contributed by atoms with Crippen LogP contribution in [0.15, 0.2) is 48.2 Å². The van der Waals surface area contributed by atoms with Crippen LogP contribution in [0.2, 0.25) is 0 Å². The van der Waals surface area contributed by atoms with Crippen LogP contribution in [-0.4, -0.2) is 5.11 Å². The van der Waals surface area contributed by atoms with Crippen LogP contribution in [0.5, 0.6) is 0 Å². The van der Waals surface area contributed by atoms with Crippen LogP contribution in [0.4, 0.5) is 0 Å². The Balaban J connectivity index is 2.73. The summed E-state index contributed by atoms with van der Waals surface area (Å²) in [5.74, 6) is 0. The lowest BCUT2D eigenvalue weighted by atomic mass is 9.85. The van der Waals surface area contributed by atoms with Gasteiger partial charge in [0.25, 0.3) is 0 Å². The number of aliphatic hydroxyl groups is 1. The highest BCUT2D eigenvalue weighted by Gasteiger charge is 2.27. The zero-order chi connectivity index (χ0) is 13.4. The molecule has 0 radical (unpaired) electrons. The van der Waals surface area contributed by atoms with E-state index in [-0.39, 0.29) is 0 Å². The standard InChI is InChI=1S/C17H24O/c1-4-6-7-9-12-15(5-2)17(3,18)16-13-10-8-11-14-16/h8,10-11,13-14,18H,2,4,6-7,9,12H2,1,3H3. The average Bonchev–Trinajstić information content (AvgIpc) is 2.39. The van der Waals surface area contributed by atoms with Crippen LogP contribution in [0.1, 0.15) is 51.5 Å². The Morgan fingerprint density at radius 2 is 1.89 bits per heavy atom. The first-order valence-corrected chi connectivity index (χ1v) is 6.80. The van der Waals surface area contributed by atoms with Crippen LogP contribution in [0, 0.1) is 0 Å². The molecule has 0 saturated heterocycles. The number of benzene rings is 1. The highest BCUT2D eigenvalue weighted by atomic mass is 16.3. The average molecular weight is 244 g/mol. The van der Waals surface area contributed by atoms with E-state index < -0.39 is 5.60 Å². The van der Waals surface area contributed by atoms with Crippen LogP contribution in [0.25, 0.3) is 0 Å². The Hall–Kier alpha value is -1.30. The predicted octanol–water partition coefficient (Wildman–Crippen LogP) is 4.58. The fraction of sp³-hybridized carbons (Fsp3) is 0.471. The molecule has 18 heavy (non-hydrogen) atoms.